The van der Waals surface area contributed by atoms with E-state index in [1.54, 1.807) is 0 Å². The Morgan fingerprint density at radius 3 is 2.53 bits per heavy atom. The van der Waals surface area contributed by atoms with Crippen molar-refractivity contribution in [2.45, 2.75) is 59.0 Å². The first-order chi connectivity index (χ1) is 6.85. The lowest BCUT2D eigenvalue weighted by Crippen LogP contribution is -2.17. The van der Waals surface area contributed by atoms with Gasteiger partial charge >= 0.3 is 0 Å². The molecule has 0 spiro atoms. The summed E-state index contributed by atoms with van der Waals surface area (Å²) >= 11 is 0. The monoisotopic (exact) mass is 212 g/mol. The van der Waals surface area contributed by atoms with Gasteiger partial charge in [0.1, 0.15) is 6.29 Å². The third-order valence-corrected chi connectivity index (χ3v) is 2.43. The van der Waals surface area contributed by atoms with Gasteiger partial charge in [0.15, 0.2) is 0 Å². The van der Waals surface area contributed by atoms with Crippen LogP contribution in [-0.2, 0) is 4.79 Å². The minimum absolute atomic E-state index is 0.120. The predicted molar refractivity (Wildman–Crippen MR) is 63.8 cm³/mol. The van der Waals surface area contributed by atoms with Crippen LogP contribution >= 0.6 is 0 Å². The maximum Gasteiger partial charge on any atom is 0.123 e. The third-order valence-electron chi connectivity index (χ3n) is 2.43. The van der Waals surface area contributed by atoms with Gasteiger partial charge in [0, 0.05) is 5.92 Å². The van der Waals surface area contributed by atoms with Crippen molar-refractivity contribution in [2.75, 3.05) is 0 Å². The van der Waals surface area contributed by atoms with E-state index in [2.05, 4.69) is 13.0 Å². The first-order valence-electron chi connectivity index (χ1n) is 5.68. The van der Waals surface area contributed by atoms with Crippen molar-refractivity contribution in [3.05, 3.63) is 11.6 Å². The van der Waals surface area contributed by atoms with Crippen molar-refractivity contribution in [3.63, 3.8) is 0 Å². The Hall–Kier alpha value is -0.630. The van der Waals surface area contributed by atoms with Gasteiger partial charge in [-0.1, -0.05) is 18.6 Å². The molecule has 2 nitrogen and oxygen atoms in total. The molecule has 0 amide bonds. The lowest BCUT2D eigenvalue weighted by Gasteiger charge is -2.16. The minimum atomic E-state index is -0.559. The number of hydrogen-bond acceptors (Lipinski definition) is 2. The van der Waals surface area contributed by atoms with Crippen LogP contribution in [0.3, 0.4) is 0 Å². The third kappa shape index (κ3) is 9.67. The molecule has 0 fully saturated rings. The highest BCUT2D eigenvalue weighted by atomic mass is 16.3. The number of carbonyl (C=O) groups excluding carboxylic acids is 1. The molecule has 0 aliphatic rings. The molecule has 0 aliphatic carbocycles. The Kier molecular flexibility index (Phi) is 6.50. The Morgan fingerprint density at radius 1 is 1.47 bits per heavy atom. The second-order valence-electron chi connectivity index (χ2n) is 5.07. The zero-order valence-corrected chi connectivity index (χ0v) is 10.4. The number of aldehydes is 1. The highest BCUT2D eigenvalue weighted by Gasteiger charge is 2.11. The zero-order valence-electron chi connectivity index (χ0n) is 10.4. The first-order valence-corrected chi connectivity index (χ1v) is 5.68. The smallest absolute Gasteiger partial charge is 0.123 e. The van der Waals surface area contributed by atoms with Crippen molar-refractivity contribution in [1.29, 1.82) is 0 Å². The molecule has 1 atom stereocenters. The molecule has 88 valence electrons. The molecule has 2 heteroatoms. The quantitative estimate of drug-likeness (QED) is 0.520. The molecule has 0 saturated carbocycles. The summed E-state index contributed by atoms with van der Waals surface area (Å²) in [5.74, 6) is 0.120. The average Bonchev–Trinajstić information content (AvgIpc) is 2.12. The fourth-order valence-electron chi connectivity index (χ4n) is 1.34. The fraction of sp³-hybridized carbons (Fsp3) is 0.769. The second-order valence-corrected chi connectivity index (χ2v) is 5.07. The largest absolute Gasteiger partial charge is 0.390 e. The summed E-state index contributed by atoms with van der Waals surface area (Å²) in [5.41, 5.74) is 0.754. The fourth-order valence-corrected chi connectivity index (χ4v) is 1.34. The molecular formula is C13H24O2. The van der Waals surface area contributed by atoms with Crippen LogP contribution in [0.25, 0.3) is 0 Å². The second kappa shape index (κ2) is 6.78. The standard InChI is InChI=1S/C13H24O2/c1-11(7-8-12(2)10-14)6-5-9-13(3,4)15/h7,10,12,15H,5-6,8-9H2,1-4H3. The van der Waals surface area contributed by atoms with Gasteiger partial charge in [-0.25, -0.2) is 0 Å². The average molecular weight is 212 g/mol. The molecule has 0 aromatic heterocycles. The lowest BCUT2D eigenvalue weighted by molar-refractivity contribution is -0.110. The van der Waals surface area contributed by atoms with E-state index < -0.39 is 5.60 Å². The normalized spacial score (nSPS) is 15.1. The summed E-state index contributed by atoms with van der Waals surface area (Å²) in [6.45, 7) is 7.68. The summed E-state index contributed by atoms with van der Waals surface area (Å²) < 4.78 is 0. The summed E-state index contributed by atoms with van der Waals surface area (Å²) in [4.78, 5) is 10.4. The summed E-state index contributed by atoms with van der Waals surface area (Å²) in [6, 6.07) is 0. The van der Waals surface area contributed by atoms with Crippen molar-refractivity contribution < 1.29 is 9.90 Å². The molecule has 0 aliphatic heterocycles. The number of hydrogen-bond donors (Lipinski definition) is 1. The Balaban J connectivity index is 3.73. The Morgan fingerprint density at radius 2 is 2.07 bits per heavy atom. The number of carbonyl (C=O) groups is 1. The van der Waals surface area contributed by atoms with E-state index in [0.29, 0.717) is 0 Å². The molecule has 0 rings (SSSR count). The van der Waals surface area contributed by atoms with E-state index in [4.69, 9.17) is 0 Å². The molecular weight excluding hydrogens is 188 g/mol. The number of rotatable bonds is 7. The van der Waals surface area contributed by atoms with E-state index in [0.717, 1.165) is 32.0 Å². The molecule has 1 unspecified atom stereocenters. The Bertz CT molecular complexity index is 211. The van der Waals surface area contributed by atoms with Gasteiger partial charge in [-0.3, -0.25) is 0 Å². The highest BCUT2D eigenvalue weighted by molar-refractivity contribution is 5.53. The van der Waals surface area contributed by atoms with Gasteiger partial charge in [0.25, 0.3) is 0 Å². The maximum atomic E-state index is 10.4. The van der Waals surface area contributed by atoms with Crippen LogP contribution in [0, 0.1) is 5.92 Å². The number of allylic oxidation sites excluding steroid dienone is 2. The van der Waals surface area contributed by atoms with Crippen LogP contribution < -0.4 is 0 Å². The van der Waals surface area contributed by atoms with Gasteiger partial charge < -0.3 is 9.90 Å². The van der Waals surface area contributed by atoms with Gasteiger partial charge in [-0.05, 0) is 46.5 Å². The molecule has 0 radical (unpaired) electrons. The molecule has 0 saturated heterocycles. The van der Waals surface area contributed by atoms with Gasteiger partial charge in [0.2, 0.25) is 0 Å². The molecule has 0 bridgehead atoms. The summed E-state index contributed by atoms with van der Waals surface area (Å²) in [7, 11) is 0. The lowest BCUT2D eigenvalue weighted by atomic mass is 9.98. The van der Waals surface area contributed by atoms with Gasteiger partial charge in [-0.2, -0.15) is 0 Å². The van der Waals surface area contributed by atoms with Crippen molar-refractivity contribution in [3.8, 4) is 0 Å². The molecule has 0 aromatic carbocycles. The van der Waals surface area contributed by atoms with Crippen molar-refractivity contribution >= 4 is 6.29 Å². The van der Waals surface area contributed by atoms with Crippen LogP contribution in [0.2, 0.25) is 0 Å². The summed E-state index contributed by atoms with van der Waals surface area (Å²) in [6.07, 6.45) is 6.78. The van der Waals surface area contributed by atoms with Crippen molar-refractivity contribution in [2.24, 2.45) is 5.92 Å². The predicted octanol–water partition coefficient (Wildman–Crippen LogP) is 3.10. The van der Waals surface area contributed by atoms with Gasteiger partial charge in [-0.15, -0.1) is 0 Å². The summed E-state index contributed by atoms with van der Waals surface area (Å²) in [5, 5.41) is 9.52. The van der Waals surface area contributed by atoms with E-state index >= 15 is 0 Å². The molecule has 0 heterocycles. The van der Waals surface area contributed by atoms with Crippen LogP contribution in [0.5, 0.6) is 0 Å². The first kappa shape index (κ1) is 14.4. The van der Waals surface area contributed by atoms with Crippen LogP contribution in [0.1, 0.15) is 53.4 Å². The number of aliphatic hydroxyl groups is 1. The van der Waals surface area contributed by atoms with Crippen LogP contribution in [0.4, 0.5) is 0 Å². The van der Waals surface area contributed by atoms with Crippen molar-refractivity contribution in [1.82, 2.24) is 0 Å². The maximum absolute atomic E-state index is 10.4. The van der Waals surface area contributed by atoms with Crippen LogP contribution in [0.15, 0.2) is 11.6 Å². The highest BCUT2D eigenvalue weighted by Crippen LogP contribution is 2.16. The SMILES string of the molecule is CC(=CCC(C)C=O)CCCC(C)(C)O. The van der Waals surface area contributed by atoms with E-state index in [1.165, 1.54) is 5.57 Å². The van der Waals surface area contributed by atoms with Crippen LogP contribution in [-0.4, -0.2) is 17.0 Å². The molecule has 0 aromatic rings. The van der Waals surface area contributed by atoms with E-state index in [-0.39, 0.29) is 5.92 Å². The molecule has 15 heavy (non-hydrogen) atoms. The van der Waals surface area contributed by atoms with E-state index in [1.807, 2.05) is 20.8 Å². The minimum Gasteiger partial charge on any atom is -0.390 e. The molecule has 1 N–H and O–H groups in total. The van der Waals surface area contributed by atoms with E-state index in [9.17, 15) is 9.90 Å². The topological polar surface area (TPSA) is 37.3 Å². The van der Waals surface area contributed by atoms with Gasteiger partial charge in [0.05, 0.1) is 5.60 Å². The Labute approximate surface area is 93.4 Å². The zero-order chi connectivity index (χ0) is 11.9.